The largest absolute Gasteiger partial charge is 0.440 e. The molecule has 0 heterocycles. The van der Waals surface area contributed by atoms with Crippen LogP contribution in [-0.4, -0.2) is 17.7 Å². The minimum absolute atomic E-state index is 0.0327. The van der Waals surface area contributed by atoms with Crippen LogP contribution in [0.2, 0.25) is 0 Å². The normalized spacial score (nSPS) is 11.4. The fourth-order valence-corrected chi connectivity index (χ4v) is 1.15. The van der Waals surface area contributed by atoms with E-state index in [4.69, 9.17) is 10.5 Å². The number of hydrogen-bond acceptors (Lipinski definition) is 3. The Morgan fingerprint density at radius 1 is 1.28 bits per heavy atom. The molecule has 0 unspecified atom stereocenters. The number of Topliss-reactive ketones (excluding diaryl/α,β-unsaturated/α-hetero) is 1. The highest BCUT2D eigenvalue weighted by atomic mass is 16.5. The third-order valence-electron chi connectivity index (χ3n) is 2.18. The summed E-state index contributed by atoms with van der Waals surface area (Å²) in [5.41, 5.74) is 5.50. The van der Waals surface area contributed by atoms with Gasteiger partial charge in [0.1, 0.15) is 17.4 Å². The Morgan fingerprint density at radius 3 is 2.44 bits per heavy atom. The molecule has 0 atom stereocenters. The Bertz CT molecular complexity index is 453. The Labute approximate surface area is 106 Å². The van der Waals surface area contributed by atoms with Crippen molar-refractivity contribution in [2.75, 3.05) is 0 Å². The summed E-state index contributed by atoms with van der Waals surface area (Å²) in [5.74, 6) is 0.150. The highest BCUT2D eigenvalue weighted by Gasteiger charge is 2.11. The highest BCUT2D eigenvalue weighted by molar-refractivity contribution is 6.04. The van der Waals surface area contributed by atoms with Crippen molar-refractivity contribution in [3.8, 4) is 5.75 Å². The van der Waals surface area contributed by atoms with Gasteiger partial charge in [0.15, 0.2) is 0 Å². The average molecular weight is 248 g/mol. The van der Waals surface area contributed by atoms with Gasteiger partial charge in [-0.05, 0) is 12.1 Å². The predicted octanol–water partition coefficient (Wildman–Crippen LogP) is 2.16. The minimum atomic E-state index is -0.824. The summed E-state index contributed by atoms with van der Waals surface area (Å²) in [6.45, 7) is 3.52. The SMILES string of the molecule is CC(C)C(=O)CC(N)=NC(=O)Oc1ccccc1. The molecule has 1 amide bonds. The van der Waals surface area contributed by atoms with E-state index in [9.17, 15) is 9.59 Å². The van der Waals surface area contributed by atoms with E-state index in [0.29, 0.717) is 5.75 Å². The molecule has 0 saturated heterocycles. The van der Waals surface area contributed by atoms with Crippen molar-refractivity contribution < 1.29 is 14.3 Å². The molecule has 0 aliphatic heterocycles. The first kappa shape index (κ1) is 13.9. The number of aliphatic imine (C=N–C) groups is 1. The van der Waals surface area contributed by atoms with Gasteiger partial charge in [0.2, 0.25) is 0 Å². The maximum absolute atomic E-state index is 11.4. The standard InChI is InChI=1S/C13H16N2O3/c1-9(2)11(16)8-12(14)15-13(17)18-10-6-4-3-5-7-10/h3-7,9H,8H2,1-2H3,(H2,14,15,17). The molecule has 0 fully saturated rings. The van der Waals surface area contributed by atoms with Crippen LogP contribution in [0.15, 0.2) is 35.3 Å². The van der Waals surface area contributed by atoms with Crippen LogP contribution in [-0.2, 0) is 4.79 Å². The number of hydrogen-bond donors (Lipinski definition) is 1. The number of nitrogens with two attached hydrogens (primary N) is 1. The fourth-order valence-electron chi connectivity index (χ4n) is 1.15. The smallest absolute Gasteiger partial charge is 0.409 e. The van der Waals surface area contributed by atoms with E-state index in [1.54, 1.807) is 44.2 Å². The van der Waals surface area contributed by atoms with Gasteiger partial charge in [0.25, 0.3) is 0 Å². The molecule has 0 aromatic heterocycles. The van der Waals surface area contributed by atoms with Crippen LogP contribution in [0.3, 0.4) is 0 Å². The molecule has 18 heavy (non-hydrogen) atoms. The van der Waals surface area contributed by atoms with Crippen molar-refractivity contribution in [1.82, 2.24) is 0 Å². The molecule has 0 radical (unpaired) electrons. The fraction of sp³-hybridized carbons (Fsp3) is 0.308. The minimum Gasteiger partial charge on any atom is -0.409 e. The van der Waals surface area contributed by atoms with Crippen LogP contribution in [0.5, 0.6) is 5.75 Å². The summed E-state index contributed by atoms with van der Waals surface area (Å²) in [6, 6.07) is 8.53. The molecule has 2 N–H and O–H groups in total. The predicted molar refractivity (Wildman–Crippen MR) is 68.6 cm³/mol. The van der Waals surface area contributed by atoms with Gasteiger partial charge in [-0.1, -0.05) is 32.0 Å². The molecule has 0 bridgehead atoms. The third kappa shape index (κ3) is 4.78. The lowest BCUT2D eigenvalue weighted by Crippen LogP contribution is -2.22. The number of ether oxygens (including phenoxy) is 1. The summed E-state index contributed by atoms with van der Waals surface area (Å²) >= 11 is 0. The summed E-state index contributed by atoms with van der Waals surface area (Å²) in [6.07, 6.45) is -0.864. The molecule has 0 saturated carbocycles. The first-order chi connectivity index (χ1) is 8.49. The number of ketones is 1. The second-order valence-corrected chi connectivity index (χ2v) is 4.08. The molecule has 5 nitrogen and oxygen atoms in total. The van der Waals surface area contributed by atoms with Gasteiger partial charge in [-0.2, -0.15) is 4.99 Å². The van der Waals surface area contributed by atoms with Crippen LogP contribution in [0.25, 0.3) is 0 Å². The number of rotatable bonds is 4. The van der Waals surface area contributed by atoms with Crippen molar-refractivity contribution in [2.24, 2.45) is 16.6 Å². The zero-order valence-electron chi connectivity index (χ0n) is 10.4. The summed E-state index contributed by atoms with van der Waals surface area (Å²) in [5, 5.41) is 0. The van der Waals surface area contributed by atoms with Crippen molar-refractivity contribution in [3.05, 3.63) is 30.3 Å². The van der Waals surface area contributed by atoms with Crippen molar-refractivity contribution in [2.45, 2.75) is 20.3 Å². The van der Waals surface area contributed by atoms with Crippen molar-refractivity contribution in [1.29, 1.82) is 0 Å². The lowest BCUT2D eigenvalue weighted by atomic mass is 10.1. The zero-order valence-corrected chi connectivity index (χ0v) is 10.4. The number of benzene rings is 1. The second kappa shape index (κ2) is 6.54. The topological polar surface area (TPSA) is 81.8 Å². The first-order valence-corrected chi connectivity index (χ1v) is 5.61. The van der Waals surface area contributed by atoms with Gasteiger partial charge in [-0.3, -0.25) is 4.79 Å². The van der Waals surface area contributed by atoms with E-state index >= 15 is 0 Å². The van der Waals surface area contributed by atoms with E-state index in [1.165, 1.54) is 0 Å². The Morgan fingerprint density at radius 2 is 1.89 bits per heavy atom. The van der Waals surface area contributed by atoms with Gasteiger partial charge in [-0.15, -0.1) is 0 Å². The quantitative estimate of drug-likeness (QED) is 0.653. The monoisotopic (exact) mass is 248 g/mol. The number of carbonyl (C=O) groups excluding carboxylic acids is 2. The average Bonchev–Trinajstić information content (AvgIpc) is 2.29. The van der Waals surface area contributed by atoms with Crippen molar-refractivity contribution in [3.63, 3.8) is 0 Å². The number of carbonyl (C=O) groups is 2. The van der Waals surface area contributed by atoms with Gasteiger partial charge in [0, 0.05) is 5.92 Å². The molecule has 0 aliphatic rings. The van der Waals surface area contributed by atoms with E-state index in [0.717, 1.165) is 0 Å². The second-order valence-electron chi connectivity index (χ2n) is 4.08. The third-order valence-corrected chi connectivity index (χ3v) is 2.18. The van der Waals surface area contributed by atoms with Crippen molar-refractivity contribution >= 4 is 17.7 Å². The maximum Gasteiger partial charge on any atom is 0.440 e. The molecule has 1 aromatic carbocycles. The van der Waals surface area contributed by atoms with Crippen LogP contribution in [0.1, 0.15) is 20.3 Å². The molecular formula is C13H16N2O3. The molecular weight excluding hydrogens is 232 g/mol. The van der Waals surface area contributed by atoms with E-state index in [-0.39, 0.29) is 24.0 Å². The Kier molecular flexibility index (Phi) is 5.05. The van der Waals surface area contributed by atoms with Crippen LogP contribution in [0.4, 0.5) is 4.79 Å². The van der Waals surface area contributed by atoms with Gasteiger partial charge in [0.05, 0.1) is 6.42 Å². The number of nitrogens with zero attached hydrogens (tertiary/aromatic N) is 1. The summed E-state index contributed by atoms with van der Waals surface area (Å²) < 4.78 is 4.91. The maximum atomic E-state index is 11.4. The van der Waals surface area contributed by atoms with Crippen LogP contribution < -0.4 is 10.5 Å². The molecule has 1 rings (SSSR count). The van der Waals surface area contributed by atoms with E-state index in [1.807, 2.05) is 0 Å². The van der Waals surface area contributed by atoms with Crippen LogP contribution in [0, 0.1) is 5.92 Å². The molecule has 96 valence electrons. The highest BCUT2D eigenvalue weighted by Crippen LogP contribution is 2.09. The lowest BCUT2D eigenvalue weighted by Gasteiger charge is -2.03. The number of amidine groups is 1. The first-order valence-electron chi connectivity index (χ1n) is 5.61. The molecule has 0 spiro atoms. The van der Waals surface area contributed by atoms with Gasteiger partial charge in [-0.25, -0.2) is 4.79 Å². The lowest BCUT2D eigenvalue weighted by molar-refractivity contribution is -0.120. The number of para-hydroxylation sites is 1. The van der Waals surface area contributed by atoms with E-state index < -0.39 is 6.09 Å². The zero-order chi connectivity index (χ0) is 13.5. The van der Waals surface area contributed by atoms with Gasteiger partial charge < -0.3 is 10.5 Å². The molecule has 0 aliphatic carbocycles. The number of amides is 1. The molecule has 1 aromatic rings. The molecule has 5 heteroatoms. The van der Waals surface area contributed by atoms with E-state index in [2.05, 4.69) is 4.99 Å². The summed E-state index contributed by atoms with van der Waals surface area (Å²) in [4.78, 5) is 26.3. The Hall–Kier alpha value is -2.17. The summed E-state index contributed by atoms with van der Waals surface area (Å²) in [7, 11) is 0. The Balaban J connectivity index is 2.55. The van der Waals surface area contributed by atoms with Crippen LogP contribution >= 0.6 is 0 Å². The van der Waals surface area contributed by atoms with Gasteiger partial charge >= 0.3 is 6.09 Å².